The van der Waals surface area contributed by atoms with Gasteiger partial charge in [-0.1, -0.05) is 34.8 Å². The molecule has 0 aromatic heterocycles. The summed E-state index contributed by atoms with van der Waals surface area (Å²) in [7, 11) is -3.40. The number of unbranched alkanes of at least 4 members (excludes halogenated alkanes) is 3. The molecule has 0 atom stereocenters. The molecule has 0 unspecified atom stereocenters. The zero-order valence-electron chi connectivity index (χ0n) is 10.1. The number of sulfonamides is 1. The van der Waals surface area contributed by atoms with Crippen LogP contribution in [0, 0.1) is 0 Å². The molecule has 2 N–H and O–H groups in total. The van der Waals surface area contributed by atoms with Crippen molar-refractivity contribution in [3.63, 3.8) is 0 Å². The van der Waals surface area contributed by atoms with Crippen LogP contribution in [0.25, 0.3) is 0 Å². The second-order valence-electron chi connectivity index (χ2n) is 3.99. The fourth-order valence-corrected chi connectivity index (χ4v) is 3.18. The van der Waals surface area contributed by atoms with Crippen LogP contribution in [0.15, 0.2) is 33.6 Å². The van der Waals surface area contributed by atoms with Gasteiger partial charge in [-0.2, -0.15) is 0 Å². The van der Waals surface area contributed by atoms with Crippen LogP contribution >= 0.6 is 15.9 Å². The zero-order chi connectivity index (χ0) is 13.4. The third-order valence-electron chi connectivity index (χ3n) is 2.48. The molecule has 1 aromatic carbocycles. The van der Waals surface area contributed by atoms with Crippen LogP contribution in [-0.2, 0) is 10.0 Å². The molecule has 0 bridgehead atoms. The lowest BCUT2D eigenvalue weighted by Crippen LogP contribution is -2.24. The molecule has 6 heteroatoms. The SMILES string of the molecule is O=S(=O)(NCCCCCCO)c1cccc(Br)c1. The van der Waals surface area contributed by atoms with E-state index in [1.165, 1.54) is 0 Å². The van der Waals surface area contributed by atoms with Crippen molar-refractivity contribution in [1.29, 1.82) is 0 Å². The molecule has 0 saturated heterocycles. The maximum atomic E-state index is 11.9. The van der Waals surface area contributed by atoms with E-state index in [9.17, 15) is 8.42 Å². The minimum atomic E-state index is -3.40. The van der Waals surface area contributed by atoms with Crippen LogP contribution in [0.2, 0.25) is 0 Å². The lowest BCUT2D eigenvalue weighted by Gasteiger charge is -2.06. The summed E-state index contributed by atoms with van der Waals surface area (Å²) in [6.07, 6.45) is 3.41. The fraction of sp³-hybridized carbons (Fsp3) is 0.500. The zero-order valence-corrected chi connectivity index (χ0v) is 12.5. The maximum absolute atomic E-state index is 11.9. The summed E-state index contributed by atoms with van der Waals surface area (Å²) in [5.74, 6) is 0. The van der Waals surface area contributed by atoms with Gasteiger partial charge in [-0.25, -0.2) is 13.1 Å². The minimum absolute atomic E-state index is 0.198. The van der Waals surface area contributed by atoms with Gasteiger partial charge in [-0.15, -0.1) is 0 Å². The maximum Gasteiger partial charge on any atom is 0.240 e. The lowest BCUT2D eigenvalue weighted by atomic mass is 10.2. The molecule has 18 heavy (non-hydrogen) atoms. The third-order valence-corrected chi connectivity index (χ3v) is 4.44. The first-order chi connectivity index (χ1) is 8.56. The summed E-state index contributed by atoms with van der Waals surface area (Å²) in [6, 6.07) is 6.63. The Labute approximate surface area is 117 Å². The topological polar surface area (TPSA) is 66.4 Å². The second-order valence-corrected chi connectivity index (χ2v) is 6.68. The van der Waals surface area contributed by atoms with Crippen LogP contribution < -0.4 is 4.72 Å². The molecule has 0 aliphatic heterocycles. The van der Waals surface area contributed by atoms with E-state index in [0.717, 1.165) is 30.2 Å². The van der Waals surface area contributed by atoms with Crippen LogP contribution in [-0.4, -0.2) is 26.7 Å². The molecule has 0 heterocycles. The molecule has 102 valence electrons. The molecular weight excluding hydrogens is 318 g/mol. The molecule has 0 aliphatic rings. The van der Waals surface area contributed by atoms with Crippen molar-refractivity contribution in [2.24, 2.45) is 0 Å². The highest BCUT2D eigenvalue weighted by atomic mass is 79.9. The smallest absolute Gasteiger partial charge is 0.240 e. The van der Waals surface area contributed by atoms with E-state index in [0.29, 0.717) is 6.54 Å². The molecule has 0 saturated carbocycles. The van der Waals surface area contributed by atoms with Crippen molar-refractivity contribution in [3.8, 4) is 0 Å². The predicted octanol–water partition coefficient (Wildman–Crippen LogP) is 2.28. The first-order valence-corrected chi connectivity index (χ1v) is 8.20. The van der Waals surface area contributed by atoms with Crippen LogP contribution in [0.1, 0.15) is 25.7 Å². The van der Waals surface area contributed by atoms with E-state index in [1.54, 1.807) is 24.3 Å². The summed E-state index contributed by atoms with van der Waals surface area (Å²) in [5.41, 5.74) is 0. The van der Waals surface area contributed by atoms with Crippen LogP contribution in [0.4, 0.5) is 0 Å². The molecule has 0 spiro atoms. The number of nitrogens with one attached hydrogen (secondary N) is 1. The van der Waals surface area contributed by atoms with E-state index in [1.807, 2.05) is 0 Å². The largest absolute Gasteiger partial charge is 0.396 e. The van der Waals surface area contributed by atoms with E-state index >= 15 is 0 Å². The Kier molecular flexibility index (Phi) is 6.85. The number of aliphatic hydroxyl groups is 1. The van der Waals surface area contributed by atoms with Gasteiger partial charge in [0.2, 0.25) is 10.0 Å². The fourth-order valence-electron chi connectivity index (χ4n) is 1.51. The number of halogens is 1. The Hall–Kier alpha value is -0.430. The Balaban J connectivity index is 2.41. The molecule has 0 fully saturated rings. The standard InChI is InChI=1S/C12H18BrNO3S/c13-11-6-5-7-12(10-11)18(16,17)14-8-3-1-2-4-9-15/h5-7,10,14-15H,1-4,8-9H2. The molecule has 1 aromatic rings. The summed E-state index contributed by atoms with van der Waals surface area (Å²) in [6.45, 7) is 0.629. The minimum Gasteiger partial charge on any atom is -0.396 e. The van der Waals surface area contributed by atoms with Crippen molar-refractivity contribution in [2.45, 2.75) is 30.6 Å². The average Bonchev–Trinajstić information content (AvgIpc) is 2.33. The van der Waals surface area contributed by atoms with Gasteiger partial charge in [0.05, 0.1) is 4.90 Å². The molecule has 0 aliphatic carbocycles. The summed E-state index contributed by atoms with van der Waals surface area (Å²) >= 11 is 3.25. The highest BCUT2D eigenvalue weighted by molar-refractivity contribution is 9.10. The van der Waals surface area contributed by atoms with E-state index in [2.05, 4.69) is 20.7 Å². The summed E-state index contributed by atoms with van der Waals surface area (Å²) in [5, 5.41) is 8.61. The molecular formula is C12H18BrNO3S. The Morgan fingerprint density at radius 1 is 1.17 bits per heavy atom. The Morgan fingerprint density at radius 3 is 2.56 bits per heavy atom. The number of aliphatic hydroxyl groups excluding tert-OH is 1. The molecule has 1 rings (SSSR count). The van der Waals surface area contributed by atoms with Crippen molar-refractivity contribution in [1.82, 2.24) is 4.72 Å². The quantitative estimate of drug-likeness (QED) is 0.716. The van der Waals surface area contributed by atoms with Gasteiger partial charge in [0.25, 0.3) is 0 Å². The van der Waals surface area contributed by atoms with Gasteiger partial charge in [0.15, 0.2) is 0 Å². The number of hydrogen-bond acceptors (Lipinski definition) is 3. The van der Waals surface area contributed by atoms with Gasteiger partial charge in [-0.3, -0.25) is 0 Å². The van der Waals surface area contributed by atoms with E-state index in [4.69, 9.17) is 5.11 Å². The normalized spacial score (nSPS) is 11.7. The van der Waals surface area contributed by atoms with E-state index < -0.39 is 10.0 Å². The predicted molar refractivity (Wildman–Crippen MR) is 74.9 cm³/mol. The van der Waals surface area contributed by atoms with Gasteiger partial charge < -0.3 is 5.11 Å². The molecule has 0 radical (unpaired) electrons. The Morgan fingerprint density at radius 2 is 1.89 bits per heavy atom. The first-order valence-electron chi connectivity index (χ1n) is 5.92. The first kappa shape index (κ1) is 15.6. The lowest BCUT2D eigenvalue weighted by molar-refractivity contribution is 0.282. The van der Waals surface area contributed by atoms with Gasteiger partial charge in [-0.05, 0) is 31.0 Å². The van der Waals surface area contributed by atoms with Crippen molar-refractivity contribution in [2.75, 3.05) is 13.2 Å². The van der Waals surface area contributed by atoms with Gasteiger partial charge in [0.1, 0.15) is 0 Å². The third kappa shape index (κ3) is 5.48. The molecule has 0 amide bonds. The Bertz CT molecular complexity index is 462. The van der Waals surface area contributed by atoms with Gasteiger partial charge >= 0.3 is 0 Å². The summed E-state index contributed by atoms with van der Waals surface area (Å²) in [4.78, 5) is 0.271. The van der Waals surface area contributed by atoms with Gasteiger partial charge in [0, 0.05) is 17.6 Å². The number of rotatable bonds is 8. The highest BCUT2D eigenvalue weighted by Gasteiger charge is 2.12. The van der Waals surface area contributed by atoms with Crippen molar-refractivity contribution >= 4 is 26.0 Å². The van der Waals surface area contributed by atoms with Crippen LogP contribution in [0.3, 0.4) is 0 Å². The van der Waals surface area contributed by atoms with Crippen molar-refractivity contribution in [3.05, 3.63) is 28.7 Å². The van der Waals surface area contributed by atoms with E-state index in [-0.39, 0.29) is 11.5 Å². The summed E-state index contributed by atoms with van der Waals surface area (Å²) < 4.78 is 27.1. The highest BCUT2D eigenvalue weighted by Crippen LogP contribution is 2.15. The van der Waals surface area contributed by atoms with Crippen molar-refractivity contribution < 1.29 is 13.5 Å². The molecule has 4 nitrogen and oxygen atoms in total. The number of benzene rings is 1. The average molecular weight is 336 g/mol. The second kappa shape index (κ2) is 7.89. The monoisotopic (exact) mass is 335 g/mol. The number of hydrogen-bond donors (Lipinski definition) is 2. The van der Waals surface area contributed by atoms with Crippen LogP contribution in [0.5, 0.6) is 0 Å².